The number of rotatable bonds is 3. The second kappa shape index (κ2) is 7.68. The van der Waals surface area contributed by atoms with Crippen molar-refractivity contribution < 1.29 is 19.2 Å². The number of carbonyl (C=O) groups excluding carboxylic acids is 2. The van der Waals surface area contributed by atoms with Crippen LogP contribution in [0.3, 0.4) is 0 Å². The Morgan fingerprint density at radius 2 is 2.08 bits per heavy atom. The van der Waals surface area contributed by atoms with Crippen molar-refractivity contribution in [3.05, 3.63) is 48.0 Å². The lowest BCUT2D eigenvalue weighted by atomic mass is 10.1. The fraction of sp³-hybridized carbons (Fsp3) is 0.412. The summed E-state index contributed by atoms with van der Waals surface area (Å²) in [7, 11) is 1.34. The minimum Gasteiger partial charge on any atom is -0.468 e. The maximum Gasteiger partial charge on any atom is 0.430 e. The fourth-order valence-corrected chi connectivity index (χ4v) is 3.22. The molecule has 0 aliphatic carbocycles. The fourth-order valence-electron chi connectivity index (χ4n) is 3.22. The van der Waals surface area contributed by atoms with Crippen molar-refractivity contribution in [1.29, 1.82) is 0 Å². The van der Waals surface area contributed by atoms with E-state index in [1.807, 2.05) is 24.3 Å². The Morgan fingerprint density at radius 3 is 2.79 bits per heavy atom. The van der Waals surface area contributed by atoms with Crippen LogP contribution in [-0.2, 0) is 20.9 Å². The molecular weight excluding hydrogens is 332 g/mol. The lowest BCUT2D eigenvalue weighted by Crippen LogP contribution is -2.42. The van der Waals surface area contributed by atoms with Crippen molar-refractivity contribution in [3.8, 4) is 0 Å². The molecule has 24 heavy (non-hydrogen) atoms. The van der Waals surface area contributed by atoms with E-state index < -0.39 is 12.1 Å². The van der Waals surface area contributed by atoms with Gasteiger partial charge in [0.2, 0.25) is 0 Å². The van der Waals surface area contributed by atoms with Gasteiger partial charge in [-0.2, -0.15) is 0 Å². The first-order chi connectivity index (χ1) is 11.2. The van der Waals surface area contributed by atoms with Crippen LogP contribution >= 0.6 is 12.4 Å². The maximum atomic E-state index is 12.6. The monoisotopic (exact) mass is 352 g/mol. The van der Waals surface area contributed by atoms with E-state index in [-0.39, 0.29) is 24.4 Å². The highest BCUT2D eigenvalue weighted by Crippen LogP contribution is 2.35. The normalized spacial score (nSPS) is 22.5. The van der Waals surface area contributed by atoms with E-state index >= 15 is 0 Å². The van der Waals surface area contributed by atoms with Gasteiger partial charge in [0, 0.05) is 6.54 Å². The SMILES string of the molecule is C=CC1c2ccccc2CN1C(=O)ON1CCCC1C(=O)OC.Cl. The first-order valence-corrected chi connectivity index (χ1v) is 7.69. The molecule has 0 bridgehead atoms. The van der Waals surface area contributed by atoms with Crippen LogP contribution in [0.2, 0.25) is 0 Å². The number of carbonyl (C=O) groups is 2. The Kier molecular flexibility index (Phi) is 5.85. The third kappa shape index (κ3) is 3.25. The van der Waals surface area contributed by atoms with Crippen LogP contribution in [0.4, 0.5) is 4.79 Å². The molecule has 0 radical (unpaired) electrons. The molecule has 2 heterocycles. The minimum atomic E-state index is -0.517. The standard InChI is InChI=1S/C17H20N2O4.ClH/c1-3-14-13-8-5-4-7-12(13)11-18(14)17(21)23-19-10-6-9-15(19)16(20)22-2;/h3-5,7-8,14-15H,1,6,9-11H2,2H3;1H. The second-order valence-electron chi connectivity index (χ2n) is 5.69. The lowest BCUT2D eigenvalue weighted by molar-refractivity contribution is -0.167. The van der Waals surface area contributed by atoms with E-state index in [2.05, 4.69) is 6.58 Å². The van der Waals surface area contributed by atoms with Crippen molar-refractivity contribution in [2.24, 2.45) is 0 Å². The molecule has 0 saturated carbocycles. The molecule has 0 N–H and O–H groups in total. The summed E-state index contributed by atoms with van der Waals surface area (Å²) in [6.07, 6.45) is 2.68. The summed E-state index contributed by atoms with van der Waals surface area (Å²) in [4.78, 5) is 31.4. The highest BCUT2D eigenvalue weighted by Gasteiger charge is 2.38. The number of hydrogen-bond acceptors (Lipinski definition) is 5. The predicted molar refractivity (Wildman–Crippen MR) is 90.4 cm³/mol. The zero-order chi connectivity index (χ0) is 16.4. The third-order valence-electron chi connectivity index (χ3n) is 4.38. The molecule has 1 saturated heterocycles. The predicted octanol–water partition coefficient (Wildman–Crippen LogP) is 2.84. The number of amides is 1. The maximum absolute atomic E-state index is 12.6. The molecule has 2 aliphatic rings. The van der Waals surface area contributed by atoms with Crippen LogP contribution in [0, 0.1) is 0 Å². The van der Waals surface area contributed by atoms with Crippen LogP contribution < -0.4 is 0 Å². The van der Waals surface area contributed by atoms with Gasteiger partial charge in [0.05, 0.1) is 19.7 Å². The summed E-state index contributed by atoms with van der Waals surface area (Å²) in [5.41, 5.74) is 2.14. The summed E-state index contributed by atoms with van der Waals surface area (Å²) in [6, 6.07) is 7.14. The number of methoxy groups -OCH3 is 1. The van der Waals surface area contributed by atoms with Gasteiger partial charge in [0.25, 0.3) is 0 Å². The Hall–Kier alpha value is -2.05. The molecule has 2 unspecified atom stereocenters. The Morgan fingerprint density at radius 1 is 1.33 bits per heavy atom. The van der Waals surface area contributed by atoms with E-state index in [4.69, 9.17) is 9.57 Å². The van der Waals surface area contributed by atoms with Gasteiger partial charge in [-0.3, -0.25) is 9.69 Å². The summed E-state index contributed by atoms with van der Waals surface area (Å²) in [6.45, 7) is 4.83. The van der Waals surface area contributed by atoms with Gasteiger partial charge < -0.3 is 9.57 Å². The molecule has 130 valence electrons. The van der Waals surface area contributed by atoms with Crippen molar-refractivity contribution in [1.82, 2.24) is 9.96 Å². The number of fused-ring (bicyclic) bond motifs is 1. The molecule has 7 heteroatoms. The van der Waals surface area contributed by atoms with E-state index in [0.717, 1.165) is 17.5 Å². The van der Waals surface area contributed by atoms with Gasteiger partial charge in [0.15, 0.2) is 0 Å². The number of hydroxylamine groups is 2. The molecule has 2 atom stereocenters. The van der Waals surface area contributed by atoms with Gasteiger partial charge in [-0.25, -0.2) is 4.79 Å². The molecule has 3 rings (SSSR count). The van der Waals surface area contributed by atoms with Crippen LogP contribution in [0.15, 0.2) is 36.9 Å². The Labute approximate surface area is 147 Å². The third-order valence-corrected chi connectivity index (χ3v) is 4.38. The molecule has 1 aromatic rings. The molecule has 1 fully saturated rings. The summed E-state index contributed by atoms with van der Waals surface area (Å²) in [5, 5.41) is 1.43. The quantitative estimate of drug-likeness (QED) is 0.618. The van der Waals surface area contributed by atoms with E-state index in [0.29, 0.717) is 19.5 Å². The zero-order valence-corrected chi connectivity index (χ0v) is 14.3. The van der Waals surface area contributed by atoms with Crippen molar-refractivity contribution in [2.75, 3.05) is 13.7 Å². The van der Waals surface area contributed by atoms with Gasteiger partial charge in [-0.1, -0.05) is 30.3 Å². The Bertz CT molecular complexity index is 637. The van der Waals surface area contributed by atoms with Crippen LogP contribution in [0.5, 0.6) is 0 Å². The topological polar surface area (TPSA) is 59.1 Å². The molecule has 1 aromatic carbocycles. The minimum absolute atomic E-state index is 0. The smallest absolute Gasteiger partial charge is 0.430 e. The van der Waals surface area contributed by atoms with Crippen molar-refractivity contribution in [3.63, 3.8) is 0 Å². The lowest BCUT2D eigenvalue weighted by Gasteiger charge is -2.26. The van der Waals surface area contributed by atoms with Crippen molar-refractivity contribution >= 4 is 24.5 Å². The first kappa shape index (κ1) is 18.3. The average Bonchev–Trinajstić information content (AvgIpc) is 3.17. The second-order valence-corrected chi connectivity index (χ2v) is 5.69. The van der Waals surface area contributed by atoms with Crippen molar-refractivity contribution in [2.45, 2.75) is 31.5 Å². The summed E-state index contributed by atoms with van der Waals surface area (Å²) < 4.78 is 4.76. The van der Waals surface area contributed by atoms with Gasteiger partial charge in [-0.15, -0.1) is 24.0 Å². The number of halogens is 1. The van der Waals surface area contributed by atoms with E-state index in [9.17, 15) is 9.59 Å². The zero-order valence-electron chi connectivity index (χ0n) is 13.5. The number of hydrogen-bond donors (Lipinski definition) is 0. The number of benzene rings is 1. The van der Waals surface area contributed by atoms with Crippen LogP contribution in [0.1, 0.15) is 30.0 Å². The molecular formula is C17H21ClN2O4. The Balaban J connectivity index is 0.00000208. The molecule has 0 spiro atoms. The highest BCUT2D eigenvalue weighted by molar-refractivity contribution is 5.85. The summed E-state index contributed by atoms with van der Waals surface area (Å²) >= 11 is 0. The molecule has 1 amide bonds. The van der Waals surface area contributed by atoms with Crippen LogP contribution in [-0.4, -0.2) is 41.7 Å². The number of esters is 1. The number of nitrogens with zero attached hydrogens (tertiary/aromatic N) is 2. The molecule has 6 nitrogen and oxygen atoms in total. The van der Waals surface area contributed by atoms with E-state index in [1.54, 1.807) is 11.0 Å². The van der Waals surface area contributed by atoms with Crippen LogP contribution in [0.25, 0.3) is 0 Å². The number of ether oxygens (including phenoxy) is 1. The first-order valence-electron chi connectivity index (χ1n) is 7.69. The largest absolute Gasteiger partial charge is 0.468 e. The van der Waals surface area contributed by atoms with E-state index in [1.165, 1.54) is 12.2 Å². The van der Waals surface area contributed by atoms with Gasteiger partial charge in [0.1, 0.15) is 6.04 Å². The van der Waals surface area contributed by atoms with Gasteiger partial charge >= 0.3 is 12.1 Å². The summed E-state index contributed by atoms with van der Waals surface area (Å²) in [5.74, 6) is -0.375. The average molecular weight is 353 g/mol. The highest BCUT2D eigenvalue weighted by atomic mass is 35.5. The molecule has 2 aliphatic heterocycles. The van der Waals surface area contributed by atoms with Gasteiger partial charge in [-0.05, 0) is 24.0 Å². The molecule has 0 aromatic heterocycles.